The van der Waals surface area contributed by atoms with E-state index in [9.17, 15) is 14.4 Å². The number of carbonyl (C=O) groups excluding carboxylic acids is 2. The minimum Gasteiger partial charge on any atom is -0.481 e. The number of ketones is 1. The molecule has 0 spiro atoms. The summed E-state index contributed by atoms with van der Waals surface area (Å²) in [4.78, 5) is 33.5. The average Bonchev–Trinajstić information content (AvgIpc) is 2.77. The van der Waals surface area contributed by atoms with Gasteiger partial charge in [0, 0.05) is 23.9 Å². The van der Waals surface area contributed by atoms with Crippen molar-refractivity contribution >= 4 is 29.0 Å². The number of amides is 1. The van der Waals surface area contributed by atoms with E-state index in [2.05, 4.69) is 5.32 Å². The summed E-state index contributed by atoms with van der Waals surface area (Å²) < 4.78 is 0. The molecule has 0 fully saturated rings. The van der Waals surface area contributed by atoms with E-state index in [4.69, 9.17) is 5.11 Å². The van der Waals surface area contributed by atoms with Gasteiger partial charge in [-0.2, -0.15) is 0 Å². The minimum absolute atomic E-state index is 0.0632. The van der Waals surface area contributed by atoms with Crippen molar-refractivity contribution in [3.8, 4) is 0 Å². The van der Waals surface area contributed by atoms with E-state index in [1.807, 2.05) is 0 Å². The normalized spacial score (nSPS) is 10.1. The Bertz CT molecular complexity index is 453. The number of rotatable bonds is 7. The van der Waals surface area contributed by atoms with Crippen molar-refractivity contribution in [1.29, 1.82) is 0 Å². The predicted octanol–water partition coefficient (Wildman–Crippen LogP) is 1.94. The average molecular weight is 269 g/mol. The standard InChI is InChI=1S/C12H15NO4S/c1-8(14)9-6-10(18-7-9)12(17)13-5-3-2-4-11(15)16/h6-7H,2-5H2,1H3,(H,13,17)(H,15,16). The molecular formula is C12H15NO4S. The first-order valence-corrected chi connectivity index (χ1v) is 6.48. The molecular weight excluding hydrogens is 254 g/mol. The highest BCUT2D eigenvalue weighted by molar-refractivity contribution is 7.12. The summed E-state index contributed by atoms with van der Waals surface area (Å²) in [6.07, 6.45) is 1.28. The summed E-state index contributed by atoms with van der Waals surface area (Å²) in [6.45, 7) is 1.90. The number of Topliss-reactive ketones (excluding diaryl/α,β-unsaturated/α-hetero) is 1. The van der Waals surface area contributed by atoms with Crippen molar-refractivity contribution in [2.45, 2.75) is 26.2 Å². The molecule has 98 valence electrons. The Labute approximate surface area is 109 Å². The summed E-state index contributed by atoms with van der Waals surface area (Å²) in [5.41, 5.74) is 0.538. The van der Waals surface area contributed by atoms with E-state index in [0.29, 0.717) is 29.8 Å². The lowest BCUT2D eigenvalue weighted by atomic mass is 10.2. The van der Waals surface area contributed by atoms with Crippen LogP contribution in [0.25, 0.3) is 0 Å². The van der Waals surface area contributed by atoms with Crippen LogP contribution >= 0.6 is 11.3 Å². The van der Waals surface area contributed by atoms with Crippen molar-refractivity contribution < 1.29 is 19.5 Å². The molecule has 1 aromatic rings. The smallest absolute Gasteiger partial charge is 0.303 e. The molecule has 0 aliphatic heterocycles. The Morgan fingerprint density at radius 2 is 2.06 bits per heavy atom. The molecule has 2 N–H and O–H groups in total. The molecule has 0 saturated heterocycles. The fraction of sp³-hybridized carbons (Fsp3) is 0.417. The number of unbranched alkanes of at least 4 members (excludes halogenated alkanes) is 1. The summed E-state index contributed by atoms with van der Waals surface area (Å²) in [5.74, 6) is -1.11. The third-order valence-corrected chi connectivity index (χ3v) is 3.26. The van der Waals surface area contributed by atoms with Gasteiger partial charge in [-0.15, -0.1) is 11.3 Å². The molecule has 1 amide bonds. The van der Waals surface area contributed by atoms with Crippen LogP contribution in [0, 0.1) is 0 Å². The Morgan fingerprint density at radius 3 is 2.61 bits per heavy atom. The van der Waals surface area contributed by atoms with Gasteiger partial charge in [0.2, 0.25) is 0 Å². The molecule has 1 heterocycles. The van der Waals surface area contributed by atoms with Crippen molar-refractivity contribution in [3.05, 3.63) is 21.9 Å². The van der Waals surface area contributed by atoms with Crippen LogP contribution in [0.4, 0.5) is 0 Å². The fourth-order valence-electron chi connectivity index (χ4n) is 1.33. The second kappa shape index (κ2) is 6.90. The second-order valence-electron chi connectivity index (χ2n) is 3.86. The molecule has 0 atom stereocenters. The molecule has 5 nitrogen and oxygen atoms in total. The first kappa shape index (κ1) is 14.4. The van der Waals surface area contributed by atoms with Gasteiger partial charge in [0.25, 0.3) is 5.91 Å². The van der Waals surface area contributed by atoms with Crippen molar-refractivity contribution in [2.75, 3.05) is 6.54 Å². The van der Waals surface area contributed by atoms with Gasteiger partial charge in [0.1, 0.15) is 0 Å². The maximum absolute atomic E-state index is 11.6. The van der Waals surface area contributed by atoms with Crippen LogP contribution in [-0.4, -0.2) is 29.3 Å². The number of thiophene rings is 1. The number of hydrogen-bond donors (Lipinski definition) is 2. The van der Waals surface area contributed by atoms with Gasteiger partial charge in [-0.3, -0.25) is 14.4 Å². The van der Waals surface area contributed by atoms with Crippen molar-refractivity contribution in [3.63, 3.8) is 0 Å². The van der Waals surface area contributed by atoms with Gasteiger partial charge in [0.15, 0.2) is 5.78 Å². The van der Waals surface area contributed by atoms with Gasteiger partial charge in [-0.25, -0.2) is 0 Å². The molecule has 0 unspecified atom stereocenters. The number of carboxylic acids is 1. The summed E-state index contributed by atoms with van der Waals surface area (Å²) in [6, 6.07) is 1.57. The number of nitrogens with one attached hydrogen (secondary N) is 1. The number of aliphatic carboxylic acids is 1. The lowest BCUT2D eigenvalue weighted by molar-refractivity contribution is -0.137. The summed E-state index contributed by atoms with van der Waals surface area (Å²) >= 11 is 1.23. The van der Waals surface area contributed by atoms with E-state index in [1.165, 1.54) is 18.3 Å². The highest BCUT2D eigenvalue weighted by atomic mass is 32.1. The maximum Gasteiger partial charge on any atom is 0.303 e. The zero-order valence-corrected chi connectivity index (χ0v) is 10.9. The lowest BCUT2D eigenvalue weighted by Gasteiger charge is -2.02. The maximum atomic E-state index is 11.6. The van der Waals surface area contributed by atoms with Gasteiger partial charge in [0.05, 0.1) is 4.88 Å². The van der Waals surface area contributed by atoms with Crippen LogP contribution in [-0.2, 0) is 4.79 Å². The minimum atomic E-state index is -0.828. The number of hydrogen-bond acceptors (Lipinski definition) is 4. The number of carbonyl (C=O) groups is 3. The van der Waals surface area contributed by atoms with Crippen LogP contribution < -0.4 is 5.32 Å². The zero-order chi connectivity index (χ0) is 13.5. The van der Waals surface area contributed by atoms with Crippen LogP contribution in [0.1, 0.15) is 46.2 Å². The highest BCUT2D eigenvalue weighted by Crippen LogP contribution is 2.14. The Hall–Kier alpha value is -1.69. The lowest BCUT2D eigenvalue weighted by Crippen LogP contribution is -2.23. The van der Waals surface area contributed by atoms with E-state index < -0.39 is 5.97 Å². The van der Waals surface area contributed by atoms with E-state index in [0.717, 1.165) is 0 Å². The molecule has 6 heteroatoms. The van der Waals surface area contributed by atoms with Crippen LogP contribution in [0.5, 0.6) is 0 Å². The van der Waals surface area contributed by atoms with Gasteiger partial charge >= 0.3 is 5.97 Å². The monoisotopic (exact) mass is 269 g/mol. The third kappa shape index (κ3) is 4.67. The second-order valence-corrected chi connectivity index (χ2v) is 4.77. The summed E-state index contributed by atoms with van der Waals surface area (Å²) in [5, 5.41) is 12.8. The molecule has 0 radical (unpaired) electrons. The molecule has 0 aromatic carbocycles. The molecule has 18 heavy (non-hydrogen) atoms. The van der Waals surface area contributed by atoms with Crippen molar-refractivity contribution in [2.24, 2.45) is 0 Å². The zero-order valence-electron chi connectivity index (χ0n) is 10.1. The van der Waals surface area contributed by atoms with Crippen LogP contribution in [0.2, 0.25) is 0 Å². The molecule has 1 aromatic heterocycles. The molecule has 0 aliphatic rings. The third-order valence-electron chi connectivity index (χ3n) is 2.33. The highest BCUT2D eigenvalue weighted by Gasteiger charge is 2.10. The van der Waals surface area contributed by atoms with Crippen LogP contribution in [0.15, 0.2) is 11.4 Å². The Balaban J connectivity index is 2.32. The van der Waals surface area contributed by atoms with E-state index in [1.54, 1.807) is 11.4 Å². The SMILES string of the molecule is CC(=O)c1csc(C(=O)NCCCCC(=O)O)c1. The first-order valence-electron chi connectivity index (χ1n) is 5.60. The fourth-order valence-corrected chi connectivity index (χ4v) is 2.19. The number of carboxylic acid groups (broad SMARTS) is 1. The van der Waals surface area contributed by atoms with E-state index >= 15 is 0 Å². The largest absolute Gasteiger partial charge is 0.481 e. The summed E-state index contributed by atoms with van der Waals surface area (Å²) in [7, 11) is 0. The topological polar surface area (TPSA) is 83.5 Å². The first-order chi connectivity index (χ1) is 8.50. The van der Waals surface area contributed by atoms with Gasteiger partial charge < -0.3 is 10.4 Å². The van der Waals surface area contributed by atoms with Gasteiger partial charge in [-0.05, 0) is 25.8 Å². The van der Waals surface area contributed by atoms with E-state index in [-0.39, 0.29) is 18.1 Å². The predicted molar refractivity (Wildman–Crippen MR) is 68.1 cm³/mol. The van der Waals surface area contributed by atoms with Crippen LogP contribution in [0.3, 0.4) is 0 Å². The Morgan fingerprint density at radius 1 is 1.33 bits per heavy atom. The molecule has 0 bridgehead atoms. The molecule has 1 rings (SSSR count). The van der Waals surface area contributed by atoms with Crippen molar-refractivity contribution in [1.82, 2.24) is 5.32 Å². The molecule has 0 saturated carbocycles. The van der Waals surface area contributed by atoms with Gasteiger partial charge in [-0.1, -0.05) is 0 Å². The quantitative estimate of drug-likeness (QED) is 0.585. The molecule has 0 aliphatic carbocycles. The Kier molecular flexibility index (Phi) is 5.51.